The van der Waals surface area contributed by atoms with Crippen LogP contribution in [0.15, 0.2) is 0 Å². The van der Waals surface area contributed by atoms with E-state index in [2.05, 4.69) is 14.9 Å². The molecule has 0 N–H and O–H groups in total. The normalized spacial score (nSPS) is 17.0. The standard InChI is InChI=1S/C12H18ClN3O2S/c1-8(2)11-14-10(13)9(18-3)12(15-11)16-4-6-19(17)7-5-16/h8H,4-7H2,1-3H3. The van der Waals surface area contributed by atoms with E-state index in [1.807, 2.05) is 13.8 Å². The molecule has 19 heavy (non-hydrogen) atoms. The van der Waals surface area contributed by atoms with Gasteiger partial charge in [0.1, 0.15) is 5.82 Å². The molecule has 0 radical (unpaired) electrons. The number of halogens is 1. The molecule has 1 aliphatic rings. The fraction of sp³-hybridized carbons (Fsp3) is 0.667. The van der Waals surface area contributed by atoms with Crippen LogP contribution in [0, 0.1) is 0 Å². The van der Waals surface area contributed by atoms with Crippen molar-refractivity contribution in [2.75, 3.05) is 36.6 Å². The van der Waals surface area contributed by atoms with Gasteiger partial charge in [-0.1, -0.05) is 25.4 Å². The Morgan fingerprint density at radius 3 is 2.47 bits per heavy atom. The second-order valence-corrected chi connectivity index (χ2v) is 6.77. The van der Waals surface area contributed by atoms with E-state index < -0.39 is 10.8 Å². The van der Waals surface area contributed by atoms with Crippen LogP contribution in [0.1, 0.15) is 25.6 Å². The molecule has 0 saturated carbocycles. The van der Waals surface area contributed by atoms with Crippen molar-refractivity contribution in [2.45, 2.75) is 19.8 Å². The summed E-state index contributed by atoms with van der Waals surface area (Å²) in [4.78, 5) is 10.9. The van der Waals surface area contributed by atoms with Gasteiger partial charge >= 0.3 is 0 Å². The third-order valence-electron chi connectivity index (χ3n) is 3.02. The van der Waals surface area contributed by atoms with Gasteiger partial charge in [0, 0.05) is 41.3 Å². The minimum Gasteiger partial charge on any atom is -0.490 e. The Morgan fingerprint density at radius 2 is 1.95 bits per heavy atom. The van der Waals surface area contributed by atoms with Gasteiger partial charge in [0.2, 0.25) is 0 Å². The van der Waals surface area contributed by atoms with Crippen LogP contribution in [0.2, 0.25) is 5.15 Å². The molecule has 1 aromatic rings. The van der Waals surface area contributed by atoms with Gasteiger partial charge in [0.25, 0.3) is 0 Å². The molecule has 0 bridgehead atoms. The van der Waals surface area contributed by atoms with Crippen molar-refractivity contribution in [3.8, 4) is 5.75 Å². The monoisotopic (exact) mass is 303 g/mol. The fourth-order valence-electron chi connectivity index (χ4n) is 1.93. The molecule has 1 aromatic heterocycles. The van der Waals surface area contributed by atoms with Crippen LogP contribution in [-0.4, -0.2) is 45.9 Å². The van der Waals surface area contributed by atoms with Crippen LogP contribution in [-0.2, 0) is 10.8 Å². The fourth-order valence-corrected chi connectivity index (χ4v) is 3.23. The molecule has 0 aliphatic carbocycles. The highest BCUT2D eigenvalue weighted by Gasteiger charge is 2.23. The molecule has 1 saturated heterocycles. The zero-order chi connectivity index (χ0) is 14.0. The zero-order valence-corrected chi connectivity index (χ0v) is 12.9. The average molecular weight is 304 g/mol. The minimum atomic E-state index is -0.722. The van der Waals surface area contributed by atoms with Gasteiger partial charge in [-0.3, -0.25) is 4.21 Å². The average Bonchev–Trinajstić information content (AvgIpc) is 2.38. The van der Waals surface area contributed by atoms with Crippen molar-refractivity contribution in [3.05, 3.63) is 11.0 Å². The van der Waals surface area contributed by atoms with Crippen LogP contribution >= 0.6 is 11.6 Å². The van der Waals surface area contributed by atoms with Gasteiger partial charge < -0.3 is 9.64 Å². The van der Waals surface area contributed by atoms with E-state index in [4.69, 9.17) is 16.3 Å². The van der Waals surface area contributed by atoms with Crippen molar-refractivity contribution in [2.24, 2.45) is 0 Å². The molecule has 1 aliphatic heterocycles. The molecule has 0 amide bonds. The van der Waals surface area contributed by atoms with Crippen molar-refractivity contribution < 1.29 is 8.95 Å². The molecule has 106 valence electrons. The molecule has 0 spiro atoms. The molecular weight excluding hydrogens is 286 g/mol. The van der Waals surface area contributed by atoms with Crippen LogP contribution < -0.4 is 9.64 Å². The van der Waals surface area contributed by atoms with E-state index in [0.717, 1.165) is 0 Å². The number of anilines is 1. The van der Waals surface area contributed by atoms with E-state index in [9.17, 15) is 4.21 Å². The first kappa shape index (κ1) is 14.5. The molecule has 0 atom stereocenters. The van der Waals surface area contributed by atoms with Crippen LogP contribution in [0.25, 0.3) is 0 Å². The summed E-state index contributed by atoms with van der Waals surface area (Å²) in [5, 5.41) is 0.336. The maximum Gasteiger partial charge on any atom is 0.199 e. The lowest BCUT2D eigenvalue weighted by Crippen LogP contribution is -2.38. The lowest BCUT2D eigenvalue weighted by molar-refractivity contribution is 0.409. The second kappa shape index (κ2) is 6.05. The first-order chi connectivity index (χ1) is 9.02. The van der Waals surface area contributed by atoms with E-state index in [1.54, 1.807) is 7.11 Å². The third-order valence-corrected chi connectivity index (χ3v) is 4.55. The number of aromatic nitrogens is 2. The van der Waals surface area contributed by atoms with Gasteiger partial charge in [-0.25, -0.2) is 9.97 Å². The largest absolute Gasteiger partial charge is 0.490 e. The smallest absolute Gasteiger partial charge is 0.199 e. The predicted octanol–water partition coefficient (Wildman–Crippen LogP) is 1.83. The van der Waals surface area contributed by atoms with Crippen molar-refractivity contribution in [3.63, 3.8) is 0 Å². The topological polar surface area (TPSA) is 55.3 Å². The summed E-state index contributed by atoms with van der Waals surface area (Å²) < 4.78 is 16.7. The maximum absolute atomic E-state index is 11.4. The molecular formula is C12H18ClN3O2S. The molecule has 0 aromatic carbocycles. The highest BCUT2D eigenvalue weighted by molar-refractivity contribution is 7.85. The number of rotatable bonds is 3. The van der Waals surface area contributed by atoms with Crippen LogP contribution in [0.4, 0.5) is 5.82 Å². The molecule has 2 rings (SSSR count). The Kier molecular flexibility index (Phi) is 4.62. The second-order valence-electron chi connectivity index (χ2n) is 4.72. The number of hydrogen-bond donors (Lipinski definition) is 0. The quantitative estimate of drug-likeness (QED) is 0.797. The molecule has 2 heterocycles. The first-order valence-electron chi connectivity index (χ1n) is 6.24. The maximum atomic E-state index is 11.4. The summed E-state index contributed by atoms with van der Waals surface area (Å²) in [7, 11) is 0.839. The molecule has 7 heteroatoms. The van der Waals surface area contributed by atoms with Crippen LogP contribution in [0.3, 0.4) is 0 Å². The molecule has 1 fully saturated rings. The van der Waals surface area contributed by atoms with Gasteiger partial charge in [-0.05, 0) is 0 Å². The summed E-state index contributed by atoms with van der Waals surface area (Å²) in [6.45, 7) is 5.45. The van der Waals surface area contributed by atoms with Gasteiger partial charge in [-0.15, -0.1) is 0 Å². The summed E-state index contributed by atoms with van der Waals surface area (Å²) in [6, 6.07) is 0. The van der Waals surface area contributed by atoms with Crippen LogP contribution in [0.5, 0.6) is 5.75 Å². The van der Waals surface area contributed by atoms with Gasteiger partial charge in [-0.2, -0.15) is 0 Å². The van der Waals surface area contributed by atoms with Gasteiger partial charge in [0.15, 0.2) is 16.7 Å². The van der Waals surface area contributed by atoms with E-state index in [-0.39, 0.29) is 5.92 Å². The highest BCUT2D eigenvalue weighted by atomic mass is 35.5. The predicted molar refractivity (Wildman–Crippen MR) is 77.8 cm³/mol. The number of methoxy groups -OCH3 is 1. The summed E-state index contributed by atoms with van der Waals surface area (Å²) >= 11 is 6.16. The SMILES string of the molecule is COc1c(Cl)nc(C(C)C)nc1N1CCS(=O)CC1. The minimum absolute atomic E-state index is 0.195. The first-order valence-corrected chi connectivity index (χ1v) is 8.11. The molecule has 5 nitrogen and oxygen atoms in total. The van der Waals surface area contributed by atoms with Gasteiger partial charge in [0.05, 0.1) is 7.11 Å². The Labute approximate surface area is 120 Å². The Hall–Kier alpha value is -0.880. The van der Waals surface area contributed by atoms with E-state index >= 15 is 0 Å². The zero-order valence-electron chi connectivity index (χ0n) is 11.4. The van der Waals surface area contributed by atoms with Crippen molar-refractivity contribution in [1.82, 2.24) is 9.97 Å². The summed E-state index contributed by atoms with van der Waals surface area (Å²) in [5.41, 5.74) is 0. The van der Waals surface area contributed by atoms with E-state index in [0.29, 0.717) is 47.1 Å². The number of nitrogens with zero attached hydrogens (tertiary/aromatic N) is 3. The highest BCUT2D eigenvalue weighted by Crippen LogP contribution is 2.34. The number of ether oxygens (including phenoxy) is 1. The van der Waals surface area contributed by atoms with Crippen molar-refractivity contribution in [1.29, 1.82) is 0 Å². The Bertz CT molecular complexity index is 486. The van der Waals surface area contributed by atoms with E-state index in [1.165, 1.54) is 0 Å². The Morgan fingerprint density at radius 1 is 1.32 bits per heavy atom. The lowest BCUT2D eigenvalue weighted by atomic mass is 10.2. The Balaban J connectivity index is 2.39. The molecule has 0 unspecified atom stereocenters. The summed E-state index contributed by atoms with van der Waals surface area (Å²) in [6.07, 6.45) is 0. The lowest BCUT2D eigenvalue weighted by Gasteiger charge is -2.29. The number of hydrogen-bond acceptors (Lipinski definition) is 5. The summed E-state index contributed by atoms with van der Waals surface area (Å²) in [5.74, 6) is 3.42. The van der Waals surface area contributed by atoms with Crippen molar-refractivity contribution >= 4 is 28.2 Å². The third kappa shape index (κ3) is 3.17.